The van der Waals surface area contributed by atoms with E-state index in [1.807, 2.05) is 0 Å². The van der Waals surface area contributed by atoms with Gasteiger partial charge in [0.05, 0.1) is 12.1 Å². The summed E-state index contributed by atoms with van der Waals surface area (Å²) in [5.74, 6) is -1.62. The summed E-state index contributed by atoms with van der Waals surface area (Å²) in [7, 11) is 0. The van der Waals surface area contributed by atoms with Crippen LogP contribution in [0, 0.1) is 0 Å². The molecule has 96 valence electrons. The molecule has 1 N–H and O–H groups in total. The normalized spacial score (nSPS) is 14.6. The van der Waals surface area contributed by atoms with Gasteiger partial charge < -0.3 is 5.11 Å². The number of aliphatic carboxylic acids is 1. The molecule has 1 aliphatic rings. The van der Waals surface area contributed by atoms with Crippen molar-refractivity contribution in [3.05, 3.63) is 48.1 Å². The first-order valence-corrected chi connectivity index (χ1v) is 5.62. The zero-order chi connectivity index (χ0) is 13.8. The van der Waals surface area contributed by atoms with E-state index in [4.69, 9.17) is 5.11 Å². The van der Waals surface area contributed by atoms with Gasteiger partial charge in [-0.05, 0) is 17.7 Å². The van der Waals surface area contributed by atoms with Crippen molar-refractivity contribution in [1.29, 1.82) is 0 Å². The minimum Gasteiger partial charge on any atom is -0.481 e. The van der Waals surface area contributed by atoms with E-state index < -0.39 is 5.97 Å². The average Bonchev–Trinajstić information content (AvgIpc) is 2.70. The van der Waals surface area contributed by atoms with Gasteiger partial charge >= 0.3 is 5.97 Å². The minimum absolute atomic E-state index is 0.0469. The molecule has 0 unspecified atom stereocenters. The van der Waals surface area contributed by atoms with Gasteiger partial charge in [0.2, 0.25) is 0 Å². The van der Waals surface area contributed by atoms with E-state index in [0.29, 0.717) is 5.69 Å². The van der Waals surface area contributed by atoms with Crippen LogP contribution in [-0.2, 0) is 14.4 Å². The Morgan fingerprint density at radius 1 is 1.11 bits per heavy atom. The fraction of sp³-hybridized carbons (Fsp3) is 0.0714. The Morgan fingerprint density at radius 2 is 1.68 bits per heavy atom. The van der Waals surface area contributed by atoms with Crippen molar-refractivity contribution in [3.63, 3.8) is 0 Å². The molecule has 1 aromatic rings. The number of hydrogen-bond donors (Lipinski definition) is 1. The summed E-state index contributed by atoms with van der Waals surface area (Å²) in [6, 6.07) is 6.71. The van der Waals surface area contributed by atoms with Crippen molar-refractivity contribution in [2.45, 2.75) is 6.42 Å². The van der Waals surface area contributed by atoms with Crippen LogP contribution in [0.1, 0.15) is 12.0 Å². The number of rotatable bonds is 4. The number of nitrogens with zero attached hydrogens (tertiary/aromatic N) is 1. The molecule has 0 fully saturated rings. The first-order chi connectivity index (χ1) is 9.08. The fourth-order valence-electron chi connectivity index (χ4n) is 1.69. The zero-order valence-corrected chi connectivity index (χ0v) is 9.95. The van der Waals surface area contributed by atoms with Gasteiger partial charge in [-0.3, -0.25) is 14.4 Å². The van der Waals surface area contributed by atoms with Gasteiger partial charge in [-0.25, -0.2) is 4.90 Å². The van der Waals surface area contributed by atoms with Crippen molar-refractivity contribution in [2.24, 2.45) is 0 Å². The smallest absolute Gasteiger partial charge is 0.307 e. The number of carbonyl (C=O) groups excluding carboxylic acids is 2. The van der Waals surface area contributed by atoms with E-state index in [1.165, 1.54) is 18.2 Å². The molecule has 2 amide bonds. The highest BCUT2D eigenvalue weighted by Gasteiger charge is 2.24. The van der Waals surface area contributed by atoms with E-state index >= 15 is 0 Å². The van der Waals surface area contributed by atoms with Crippen LogP contribution in [0.2, 0.25) is 0 Å². The SMILES string of the molecule is O=C(O)CC=Cc1ccc(N2C(=O)C=CC2=O)cc1. The fourth-order valence-corrected chi connectivity index (χ4v) is 1.69. The zero-order valence-electron chi connectivity index (χ0n) is 9.95. The maximum Gasteiger partial charge on any atom is 0.307 e. The average molecular weight is 257 g/mol. The van der Waals surface area contributed by atoms with Gasteiger partial charge in [0.1, 0.15) is 0 Å². The molecule has 0 bridgehead atoms. The first-order valence-electron chi connectivity index (χ1n) is 5.62. The topological polar surface area (TPSA) is 74.7 Å². The summed E-state index contributed by atoms with van der Waals surface area (Å²) in [5.41, 5.74) is 1.30. The molecule has 0 saturated heterocycles. The van der Waals surface area contributed by atoms with E-state index in [0.717, 1.165) is 10.5 Å². The first kappa shape index (κ1) is 12.8. The Hall–Kier alpha value is -2.69. The summed E-state index contributed by atoms with van der Waals surface area (Å²) in [5, 5.41) is 8.50. The molecule has 2 rings (SSSR count). The van der Waals surface area contributed by atoms with Crippen molar-refractivity contribution in [3.8, 4) is 0 Å². The largest absolute Gasteiger partial charge is 0.481 e. The maximum atomic E-state index is 11.5. The predicted molar refractivity (Wildman–Crippen MR) is 69.4 cm³/mol. The molecule has 19 heavy (non-hydrogen) atoms. The van der Waals surface area contributed by atoms with E-state index in [2.05, 4.69) is 0 Å². The number of hydrogen-bond acceptors (Lipinski definition) is 3. The molecular weight excluding hydrogens is 246 g/mol. The van der Waals surface area contributed by atoms with Crippen LogP contribution in [-0.4, -0.2) is 22.9 Å². The Bertz CT molecular complexity index is 566. The van der Waals surface area contributed by atoms with Crippen LogP contribution in [0.3, 0.4) is 0 Å². The lowest BCUT2D eigenvalue weighted by Gasteiger charge is -2.13. The minimum atomic E-state index is -0.896. The molecule has 1 aliphatic heterocycles. The van der Waals surface area contributed by atoms with Gasteiger partial charge in [0.25, 0.3) is 11.8 Å². The van der Waals surface area contributed by atoms with E-state index in [1.54, 1.807) is 30.3 Å². The van der Waals surface area contributed by atoms with Gasteiger partial charge in [0.15, 0.2) is 0 Å². The van der Waals surface area contributed by atoms with Gasteiger partial charge in [-0.2, -0.15) is 0 Å². The third kappa shape index (κ3) is 2.95. The number of anilines is 1. The number of imide groups is 1. The lowest BCUT2D eigenvalue weighted by Crippen LogP contribution is -2.29. The molecular formula is C14H11NO4. The molecule has 0 aromatic heterocycles. The summed E-state index contributed by atoms with van der Waals surface area (Å²) in [6.45, 7) is 0. The monoisotopic (exact) mass is 257 g/mol. The highest BCUT2D eigenvalue weighted by Crippen LogP contribution is 2.19. The maximum absolute atomic E-state index is 11.5. The van der Waals surface area contributed by atoms with Crippen LogP contribution >= 0.6 is 0 Å². The Balaban J connectivity index is 2.11. The van der Waals surface area contributed by atoms with Crippen LogP contribution in [0.15, 0.2) is 42.5 Å². The summed E-state index contributed by atoms with van der Waals surface area (Å²) < 4.78 is 0. The van der Waals surface area contributed by atoms with Crippen LogP contribution in [0.5, 0.6) is 0 Å². The van der Waals surface area contributed by atoms with Gasteiger partial charge in [0, 0.05) is 12.2 Å². The summed E-state index contributed by atoms with van der Waals surface area (Å²) in [4.78, 5) is 34.3. The number of amides is 2. The molecule has 0 aliphatic carbocycles. The lowest BCUT2D eigenvalue weighted by molar-refractivity contribution is -0.136. The molecule has 0 radical (unpaired) electrons. The molecule has 0 saturated carbocycles. The quantitative estimate of drug-likeness (QED) is 0.831. The molecule has 1 aromatic carbocycles. The lowest BCUT2D eigenvalue weighted by atomic mass is 10.1. The number of benzene rings is 1. The van der Waals surface area contributed by atoms with Gasteiger partial charge in [-0.15, -0.1) is 0 Å². The second-order valence-corrected chi connectivity index (χ2v) is 3.94. The molecule has 5 heteroatoms. The molecule has 1 heterocycles. The van der Waals surface area contributed by atoms with Crippen LogP contribution in [0.4, 0.5) is 5.69 Å². The molecule has 0 atom stereocenters. The van der Waals surface area contributed by atoms with Crippen molar-refractivity contribution in [2.75, 3.05) is 4.90 Å². The highest BCUT2D eigenvalue weighted by molar-refractivity contribution is 6.28. The third-order valence-electron chi connectivity index (χ3n) is 2.56. The van der Waals surface area contributed by atoms with Crippen LogP contribution in [0.25, 0.3) is 6.08 Å². The second-order valence-electron chi connectivity index (χ2n) is 3.94. The van der Waals surface area contributed by atoms with Crippen molar-refractivity contribution < 1.29 is 19.5 Å². The number of carboxylic acid groups (broad SMARTS) is 1. The third-order valence-corrected chi connectivity index (χ3v) is 2.56. The standard InChI is InChI=1S/C14H11NO4/c16-12-8-9-13(17)15(12)11-6-4-10(5-7-11)2-1-3-14(18)19/h1-2,4-9H,3H2,(H,18,19). The molecule has 0 spiro atoms. The van der Waals surface area contributed by atoms with E-state index in [-0.39, 0.29) is 18.2 Å². The number of carbonyl (C=O) groups is 3. The highest BCUT2D eigenvalue weighted by atomic mass is 16.4. The van der Waals surface area contributed by atoms with Crippen molar-refractivity contribution >= 4 is 29.5 Å². The molecule has 5 nitrogen and oxygen atoms in total. The van der Waals surface area contributed by atoms with Crippen LogP contribution < -0.4 is 4.90 Å². The Kier molecular flexibility index (Phi) is 3.56. The van der Waals surface area contributed by atoms with E-state index in [9.17, 15) is 14.4 Å². The Morgan fingerprint density at radius 3 is 2.21 bits per heavy atom. The number of carboxylic acids is 1. The summed E-state index contributed by atoms with van der Waals surface area (Å²) >= 11 is 0. The van der Waals surface area contributed by atoms with Gasteiger partial charge in [-0.1, -0.05) is 24.3 Å². The summed E-state index contributed by atoms with van der Waals surface area (Å²) in [6.07, 6.45) is 5.61. The Labute approximate surface area is 109 Å². The predicted octanol–water partition coefficient (Wildman–Crippen LogP) is 1.60. The second kappa shape index (κ2) is 5.30. The van der Waals surface area contributed by atoms with Crippen molar-refractivity contribution in [1.82, 2.24) is 0 Å².